The average Bonchev–Trinajstić information content (AvgIpc) is 3.01. The second kappa shape index (κ2) is 8.96. The van der Waals surface area contributed by atoms with Crippen LogP contribution < -0.4 is 11.1 Å². The summed E-state index contributed by atoms with van der Waals surface area (Å²) in [7, 11) is 0. The number of nitrogens with two attached hydrogens (primary N) is 1. The van der Waals surface area contributed by atoms with E-state index in [1.165, 1.54) is 11.3 Å². The molecule has 1 aromatic heterocycles. The molecule has 0 aliphatic heterocycles. The largest absolute Gasteiger partial charge is 0.349 e. The number of carbonyl (C=O) groups excluding carboxylic acids is 1. The van der Waals surface area contributed by atoms with Crippen LogP contribution in [0.5, 0.6) is 0 Å². The van der Waals surface area contributed by atoms with Crippen LogP contribution in [0.2, 0.25) is 0 Å². The molecule has 0 aliphatic rings. The number of benzene rings is 1. The molecular formula is C16H23ClN4OS. The zero-order valence-corrected chi connectivity index (χ0v) is 15.2. The molecule has 126 valence electrons. The molecule has 2 atom stereocenters. The van der Waals surface area contributed by atoms with Crippen LogP contribution in [-0.2, 0) is 11.3 Å². The van der Waals surface area contributed by atoms with Gasteiger partial charge in [0.15, 0.2) is 0 Å². The molecule has 0 aliphatic carbocycles. The summed E-state index contributed by atoms with van der Waals surface area (Å²) >= 11 is 1.53. The highest BCUT2D eigenvalue weighted by Gasteiger charge is 2.22. The summed E-state index contributed by atoms with van der Waals surface area (Å²) in [6, 6.07) is 9.34. The number of hydrogen-bond acceptors (Lipinski definition) is 5. The monoisotopic (exact) mass is 354 g/mol. The van der Waals surface area contributed by atoms with Gasteiger partial charge in [0, 0.05) is 12.0 Å². The van der Waals surface area contributed by atoms with Crippen LogP contribution in [0.25, 0.3) is 0 Å². The van der Waals surface area contributed by atoms with Gasteiger partial charge in [0.25, 0.3) is 0 Å². The van der Waals surface area contributed by atoms with E-state index >= 15 is 0 Å². The van der Waals surface area contributed by atoms with Crippen LogP contribution in [-0.4, -0.2) is 16.1 Å². The molecule has 3 N–H and O–H groups in total. The number of nitrogens with zero attached hydrogens (tertiary/aromatic N) is 2. The van der Waals surface area contributed by atoms with Gasteiger partial charge in [-0.15, -0.1) is 22.6 Å². The van der Waals surface area contributed by atoms with Gasteiger partial charge < -0.3 is 11.1 Å². The first-order valence-corrected chi connectivity index (χ1v) is 8.21. The quantitative estimate of drug-likeness (QED) is 0.835. The minimum atomic E-state index is -0.318. The van der Waals surface area contributed by atoms with Gasteiger partial charge in [-0.05, 0) is 5.56 Å². The number of carbonyl (C=O) groups is 1. The van der Waals surface area contributed by atoms with Crippen LogP contribution in [0.1, 0.15) is 48.3 Å². The van der Waals surface area contributed by atoms with Crippen molar-refractivity contribution < 1.29 is 4.79 Å². The molecule has 0 spiro atoms. The van der Waals surface area contributed by atoms with Gasteiger partial charge in [0.1, 0.15) is 10.0 Å². The van der Waals surface area contributed by atoms with E-state index in [0.717, 1.165) is 15.6 Å². The summed E-state index contributed by atoms with van der Waals surface area (Å²) in [5, 5.41) is 12.9. The van der Waals surface area contributed by atoms with Crippen LogP contribution in [0.15, 0.2) is 30.3 Å². The van der Waals surface area contributed by atoms with E-state index in [2.05, 4.69) is 29.4 Å². The van der Waals surface area contributed by atoms with E-state index in [1.54, 1.807) is 0 Å². The summed E-state index contributed by atoms with van der Waals surface area (Å²) < 4.78 is 0. The van der Waals surface area contributed by atoms with Gasteiger partial charge in [-0.25, -0.2) is 0 Å². The molecule has 0 saturated heterocycles. The van der Waals surface area contributed by atoms with Crippen molar-refractivity contribution in [2.45, 2.75) is 39.3 Å². The number of nitrogens with one attached hydrogen (secondary N) is 1. The summed E-state index contributed by atoms with van der Waals surface area (Å²) in [5.74, 6) is -0.0232. The lowest BCUT2D eigenvalue weighted by atomic mass is 9.95. The lowest BCUT2D eigenvalue weighted by molar-refractivity contribution is -0.125. The van der Waals surface area contributed by atoms with Crippen molar-refractivity contribution in [2.24, 2.45) is 11.7 Å². The van der Waals surface area contributed by atoms with Crippen molar-refractivity contribution in [1.29, 1.82) is 0 Å². The third-order valence-electron chi connectivity index (χ3n) is 3.53. The zero-order valence-electron chi connectivity index (χ0n) is 13.5. The second-order valence-electron chi connectivity index (χ2n) is 5.63. The highest BCUT2D eigenvalue weighted by Crippen LogP contribution is 2.20. The number of halogens is 1. The Morgan fingerprint density at radius 1 is 1.22 bits per heavy atom. The van der Waals surface area contributed by atoms with Crippen molar-refractivity contribution in [1.82, 2.24) is 15.5 Å². The Morgan fingerprint density at radius 2 is 1.87 bits per heavy atom. The second-order valence-corrected chi connectivity index (χ2v) is 6.73. The molecule has 0 bridgehead atoms. The van der Waals surface area contributed by atoms with Gasteiger partial charge >= 0.3 is 0 Å². The molecule has 23 heavy (non-hydrogen) atoms. The SMILES string of the molecule is CC(C)c1nnc(CNC(=O)C(C)C(N)c2ccccc2)s1.Cl. The molecule has 2 aromatic rings. The van der Waals surface area contributed by atoms with Crippen molar-refractivity contribution in [2.75, 3.05) is 0 Å². The number of hydrogen-bond donors (Lipinski definition) is 2. The van der Waals surface area contributed by atoms with Gasteiger partial charge in [-0.3, -0.25) is 4.79 Å². The molecule has 7 heteroatoms. The molecule has 5 nitrogen and oxygen atoms in total. The summed E-state index contributed by atoms with van der Waals surface area (Å²) in [6.07, 6.45) is 0. The maximum atomic E-state index is 12.2. The van der Waals surface area contributed by atoms with E-state index in [0.29, 0.717) is 12.5 Å². The van der Waals surface area contributed by atoms with Crippen molar-refractivity contribution >= 4 is 29.7 Å². The Morgan fingerprint density at radius 3 is 2.43 bits per heavy atom. The van der Waals surface area contributed by atoms with Gasteiger partial charge in [0.2, 0.25) is 5.91 Å². The molecule has 1 aromatic carbocycles. The zero-order chi connectivity index (χ0) is 16.1. The summed E-state index contributed by atoms with van der Waals surface area (Å²) in [5.41, 5.74) is 7.13. The first-order chi connectivity index (χ1) is 10.5. The Bertz CT molecular complexity index is 618. The Hall–Kier alpha value is -1.50. The fourth-order valence-corrected chi connectivity index (χ4v) is 2.81. The van der Waals surface area contributed by atoms with E-state index in [1.807, 2.05) is 37.3 Å². The maximum absolute atomic E-state index is 12.2. The lowest BCUT2D eigenvalue weighted by Crippen LogP contribution is -2.35. The van der Waals surface area contributed by atoms with E-state index < -0.39 is 0 Å². The average molecular weight is 355 g/mol. The van der Waals surface area contributed by atoms with Crippen LogP contribution in [0, 0.1) is 5.92 Å². The highest BCUT2D eigenvalue weighted by atomic mass is 35.5. The lowest BCUT2D eigenvalue weighted by Gasteiger charge is -2.19. The van der Waals surface area contributed by atoms with E-state index in [-0.39, 0.29) is 30.3 Å². The molecule has 0 radical (unpaired) electrons. The normalized spacial score (nSPS) is 13.3. The molecule has 2 rings (SSSR count). The van der Waals surface area contributed by atoms with E-state index in [9.17, 15) is 4.79 Å². The van der Waals surface area contributed by atoms with Crippen LogP contribution >= 0.6 is 23.7 Å². The van der Waals surface area contributed by atoms with Gasteiger partial charge in [-0.2, -0.15) is 0 Å². The van der Waals surface area contributed by atoms with Gasteiger partial charge in [0.05, 0.1) is 12.5 Å². The molecule has 0 saturated carbocycles. The Labute approximate surface area is 147 Å². The first kappa shape index (κ1) is 19.5. The number of amides is 1. The predicted octanol–water partition coefficient (Wildman–Crippen LogP) is 3.04. The van der Waals surface area contributed by atoms with Crippen molar-refractivity contribution in [3.8, 4) is 0 Å². The topological polar surface area (TPSA) is 80.9 Å². The summed E-state index contributed by atoms with van der Waals surface area (Å²) in [6.45, 7) is 6.38. The minimum absolute atomic E-state index is 0. The van der Waals surface area contributed by atoms with Crippen LogP contribution in [0.3, 0.4) is 0 Å². The van der Waals surface area contributed by atoms with Crippen LogP contribution in [0.4, 0.5) is 0 Å². The standard InChI is InChI=1S/C16H22N4OS.ClH/c1-10(2)16-20-19-13(22-16)9-18-15(21)11(3)14(17)12-7-5-4-6-8-12;/h4-8,10-11,14H,9,17H2,1-3H3,(H,18,21);1H. The molecule has 2 unspecified atom stereocenters. The molecular weight excluding hydrogens is 332 g/mol. The van der Waals surface area contributed by atoms with Gasteiger partial charge in [-0.1, -0.05) is 62.4 Å². The fourth-order valence-electron chi connectivity index (χ4n) is 2.02. The fraction of sp³-hybridized carbons (Fsp3) is 0.438. The number of rotatable bonds is 6. The molecule has 1 heterocycles. The molecule has 1 amide bonds. The smallest absolute Gasteiger partial charge is 0.225 e. The summed E-state index contributed by atoms with van der Waals surface area (Å²) in [4.78, 5) is 12.2. The minimum Gasteiger partial charge on any atom is -0.349 e. The Balaban J connectivity index is 0.00000264. The van der Waals surface area contributed by atoms with Crippen molar-refractivity contribution in [3.63, 3.8) is 0 Å². The van der Waals surface area contributed by atoms with Crippen molar-refractivity contribution in [3.05, 3.63) is 45.9 Å². The first-order valence-electron chi connectivity index (χ1n) is 7.39. The number of aromatic nitrogens is 2. The molecule has 0 fully saturated rings. The third kappa shape index (κ3) is 5.27. The highest BCUT2D eigenvalue weighted by molar-refractivity contribution is 7.11. The van der Waals surface area contributed by atoms with E-state index in [4.69, 9.17) is 5.73 Å². The Kier molecular flexibility index (Phi) is 7.61. The third-order valence-corrected chi connectivity index (χ3v) is 4.75. The predicted molar refractivity (Wildman–Crippen MR) is 95.6 cm³/mol. The maximum Gasteiger partial charge on any atom is 0.225 e.